The first-order chi connectivity index (χ1) is 27.3. The van der Waals surface area contributed by atoms with Gasteiger partial charge in [0.2, 0.25) is 5.91 Å². The summed E-state index contributed by atoms with van der Waals surface area (Å²) in [6.07, 6.45) is 2.68. The molecule has 0 radical (unpaired) electrons. The number of carboxylic acid groups (broad SMARTS) is 4. The number of amides is 1. The van der Waals surface area contributed by atoms with E-state index in [0.29, 0.717) is 51.6 Å². The molecule has 0 aliphatic carbocycles. The van der Waals surface area contributed by atoms with E-state index in [1.807, 2.05) is 60.7 Å². The molecular formula is C37H69N12O10+. The number of aliphatic hydroxyl groups is 1. The van der Waals surface area contributed by atoms with Gasteiger partial charge < -0.3 is 81.6 Å². The van der Waals surface area contributed by atoms with Gasteiger partial charge in [-0.25, -0.2) is 0 Å². The number of carboxylic acids is 4. The molecule has 23 N–H and O–H groups in total. The van der Waals surface area contributed by atoms with E-state index >= 15 is 0 Å². The molecule has 4 atom stereocenters. The molecule has 0 saturated carbocycles. The van der Waals surface area contributed by atoms with Crippen LogP contribution >= 0.6 is 0 Å². The number of aliphatic carboxylic acids is 4. The van der Waals surface area contributed by atoms with E-state index in [4.69, 9.17) is 71.4 Å². The van der Waals surface area contributed by atoms with Gasteiger partial charge in [0.15, 0.2) is 11.9 Å². The van der Waals surface area contributed by atoms with Crippen LogP contribution in [0.3, 0.4) is 0 Å². The lowest BCUT2D eigenvalue weighted by Crippen LogP contribution is -2.36. The molecule has 22 nitrogen and oxygen atoms in total. The Balaban J connectivity index is -0.000000316. The average molecular weight is 842 g/mol. The number of aliphatic imine (C=N–C) groups is 2. The van der Waals surface area contributed by atoms with E-state index in [-0.39, 0.29) is 24.4 Å². The third kappa shape index (κ3) is 48.2. The highest BCUT2D eigenvalue weighted by Gasteiger charge is 2.12. The monoisotopic (exact) mass is 842 g/mol. The Hall–Kier alpha value is -5.91. The number of primary amides is 1. The van der Waals surface area contributed by atoms with Gasteiger partial charge in [0, 0.05) is 20.0 Å². The van der Waals surface area contributed by atoms with Gasteiger partial charge in [0.25, 0.3) is 0 Å². The minimum atomic E-state index is -1.00. The maximum absolute atomic E-state index is 10.4. The van der Waals surface area contributed by atoms with Gasteiger partial charge in [-0.05, 0) is 49.7 Å². The van der Waals surface area contributed by atoms with Crippen molar-refractivity contribution in [2.24, 2.45) is 61.6 Å². The Morgan fingerprint density at radius 2 is 0.831 bits per heavy atom. The standard InChI is InChI=1S/2C9H11NO2.2C6H14N4O2.C5H14NO.C2H5NO/c2*10-8(9(11)12)6-7-4-2-1-3-5-7;2*7-4(5(11)12)2-1-3-10-6(8)9;1-6(2,3)4-5-7;1-2(3)4/h2*1-5,8H,6,10H2,(H,11,12);2*4H,1-3,7H2,(H,11,12)(H4,8,9,10);7H,4-5H2,1-3H3;1H3,(H2,3,4)/q;;;;+1;. The largest absolute Gasteiger partial charge is 0.480 e. The topological polar surface area (TPSA) is 445 Å². The minimum absolute atomic E-state index is 0.0129. The number of carbonyl (C=O) groups excluding carboxylic acids is 1. The summed E-state index contributed by atoms with van der Waals surface area (Å²) in [6.45, 7) is 3.26. The Morgan fingerprint density at radius 3 is 1.02 bits per heavy atom. The molecule has 22 heteroatoms. The summed E-state index contributed by atoms with van der Waals surface area (Å²) in [5.74, 6) is -4.23. The van der Waals surface area contributed by atoms with Crippen LogP contribution < -0.4 is 51.6 Å². The first-order valence-electron chi connectivity index (χ1n) is 18.1. The zero-order valence-corrected chi connectivity index (χ0v) is 34.5. The van der Waals surface area contributed by atoms with Crippen molar-refractivity contribution in [1.29, 1.82) is 0 Å². The summed E-state index contributed by atoms with van der Waals surface area (Å²) in [5, 5.41) is 42.2. The van der Waals surface area contributed by atoms with Crippen molar-refractivity contribution in [2.45, 2.75) is 69.6 Å². The highest BCUT2D eigenvalue weighted by Crippen LogP contribution is 2.02. The number of rotatable bonds is 18. The fourth-order valence-electron chi connectivity index (χ4n) is 3.50. The SMILES string of the molecule is CC(N)=O.C[N+](C)(C)CCO.NC(Cc1ccccc1)C(=O)O.NC(Cc1ccccc1)C(=O)O.NC(N)=NCCCC(N)C(=O)O.NC(N)=NCCCC(N)C(=O)O. The second-order valence-electron chi connectivity index (χ2n) is 13.4. The highest BCUT2D eigenvalue weighted by atomic mass is 16.4. The molecule has 2 rings (SSSR count). The molecule has 0 saturated heterocycles. The van der Waals surface area contributed by atoms with E-state index in [0.717, 1.165) is 22.2 Å². The number of likely N-dealkylation sites (N-methyl/N-ethyl adjacent to an activating group) is 1. The predicted octanol–water partition coefficient (Wildman–Crippen LogP) is -2.64. The van der Waals surface area contributed by atoms with Crippen LogP contribution in [-0.2, 0) is 36.8 Å². The predicted molar refractivity (Wildman–Crippen MR) is 227 cm³/mol. The van der Waals surface area contributed by atoms with E-state index < -0.39 is 48.0 Å². The number of hydrogen-bond donors (Lipinski definition) is 14. The second kappa shape index (κ2) is 36.4. The van der Waals surface area contributed by atoms with Crippen molar-refractivity contribution >= 4 is 41.7 Å². The zero-order valence-electron chi connectivity index (χ0n) is 34.5. The molecule has 2 aromatic carbocycles. The van der Waals surface area contributed by atoms with Crippen molar-refractivity contribution in [3.8, 4) is 0 Å². The highest BCUT2D eigenvalue weighted by molar-refractivity contribution is 5.76. The smallest absolute Gasteiger partial charge is 0.320 e. The number of aliphatic hydroxyl groups excluding tert-OH is 1. The summed E-state index contributed by atoms with van der Waals surface area (Å²) >= 11 is 0. The summed E-state index contributed by atoms with van der Waals surface area (Å²) in [6, 6.07) is 15.4. The molecule has 2 aromatic rings. The Morgan fingerprint density at radius 1 is 0.559 bits per heavy atom. The van der Waals surface area contributed by atoms with Crippen LogP contribution in [-0.4, -0.2) is 143 Å². The summed E-state index contributed by atoms with van der Waals surface area (Å²) in [4.78, 5) is 57.8. The van der Waals surface area contributed by atoms with Gasteiger partial charge in [-0.2, -0.15) is 0 Å². The number of guanidine groups is 2. The molecule has 4 unspecified atom stereocenters. The first-order valence-corrected chi connectivity index (χ1v) is 18.1. The van der Waals surface area contributed by atoms with Crippen LogP contribution in [0.4, 0.5) is 0 Å². The molecule has 336 valence electrons. The molecule has 0 bridgehead atoms. The van der Waals surface area contributed by atoms with Gasteiger partial charge in [-0.1, -0.05) is 60.7 Å². The second-order valence-corrected chi connectivity index (χ2v) is 13.4. The van der Waals surface area contributed by atoms with Crippen LogP contribution in [0, 0.1) is 0 Å². The van der Waals surface area contributed by atoms with Gasteiger partial charge in [0.05, 0.1) is 27.7 Å². The van der Waals surface area contributed by atoms with Crippen LogP contribution in [0.25, 0.3) is 0 Å². The number of carbonyl (C=O) groups is 5. The Labute approximate surface area is 345 Å². The van der Waals surface area contributed by atoms with Gasteiger partial charge >= 0.3 is 23.9 Å². The molecule has 0 heterocycles. The number of benzene rings is 2. The fraction of sp³-hybridized carbons (Fsp3) is 0.486. The molecule has 0 aromatic heterocycles. The van der Waals surface area contributed by atoms with Crippen LogP contribution in [0.15, 0.2) is 70.6 Å². The molecule has 0 fully saturated rings. The Kier molecular flexibility index (Phi) is 36.9. The summed E-state index contributed by atoms with van der Waals surface area (Å²) in [7, 11) is 6.16. The molecule has 0 aliphatic heterocycles. The number of quaternary nitrogens is 1. The van der Waals surface area contributed by atoms with Crippen LogP contribution in [0.2, 0.25) is 0 Å². The normalized spacial score (nSPS) is 11.8. The molecule has 1 amide bonds. The molecule has 59 heavy (non-hydrogen) atoms. The van der Waals surface area contributed by atoms with Crippen molar-refractivity contribution in [1.82, 2.24) is 0 Å². The van der Waals surface area contributed by atoms with Crippen molar-refractivity contribution in [3.05, 3.63) is 71.8 Å². The summed E-state index contributed by atoms with van der Waals surface area (Å²) < 4.78 is 0.844. The maximum Gasteiger partial charge on any atom is 0.320 e. The first kappa shape index (κ1) is 59.8. The number of nitrogens with zero attached hydrogens (tertiary/aromatic N) is 3. The fourth-order valence-corrected chi connectivity index (χ4v) is 3.50. The summed E-state index contributed by atoms with van der Waals surface area (Å²) in [5.41, 5.74) is 47.7. The lowest BCUT2D eigenvalue weighted by molar-refractivity contribution is -0.870. The minimum Gasteiger partial charge on any atom is -0.480 e. The molecular weight excluding hydrogens is 772 g/mol. The van der Waals surface area contributed by atoms with E-state index in [1.54, 1.807) is 0 Å². The van der Waals surface area contributed by atoms with Gasteiger partial charge in [0.1, 0.15) is 30.7 Å². The quantitative estimate of drug-likeness (QED) is 0.0316. The maximum atomic E-state index is 10.4. The Bertz CT molecular complexity index is 1390. The lowest BCUT2D eigenvalue weighted by atomic mass is 10.1. The molecule has 0 spiro atoms. The van der Waals surface area contributed by atoms with Crippen molar-refractivity contribution in [3.63, 3.8) is 0 Å². The van der Waals surface area contributed by atoms with Crippen LogP contribution in [0.1, 0.15) is 43.7 Å². The van der Waals surface area contributed by atoms with Gasteiger partial charge in [-0.3, -0.25) is 34.0 Å². The lowest BCUT2D eigenvalue weighted by Gasteiger charge is -2.21. The third-order valence-electron chi connectivity index (χ3n) is 6.57. The van der Waals surface area contributed by atoms with E-state index in [1.165, 1.54) is 6.92 Å². The van der Waals surface area contributed by atoms with E-state index in [2.05, 4.69) is 36.9 Å². The number of hydrogen-bond acceptors (Lipinski definition) is 12. The third-order valence-corrected chi connectivity index (χ3v) is 6.57. The molecule has 0 aliphatic rings. The van der Waals surface area contributed by atoms with E-state index in [9.17, 15) is 24.0 Å². The van der Waals surface area contributed by atoms with Gasteiger partial charge in [-0.15, -0.1) is 0 Å². The van der Waals surface area contributed by atoms with Crippen molar-refractivity contribution in [2.75, 3.05) is 47.4 Å². The average Bonchev–Trinajstić information content (AvgIpc) is 3.12. The van der Waals surface area contributed by atoms with Crippen LogP contribution in [0.5, 0.6) is 0 Å². The number of nitrogens with two attached hydrogens (primary N) is 9. The zero-order chi connectivity index (χ0) is 46.6. The van der Waals surface area contributed by atoms with Crippen molar-refractivity contribution < 1.29 is 54.0 Å².